The summed E-state index contributed by atoms with van der Waals surface area (Å²) in [5, 5.41) is 9.16. The summed E-state index contributed by atoms with van der Waals surface area (Å²) in [4.78, 5) is 13.6. The fraction of sp³-hybridized carbons (Fsp3) is 0.500. The molecule has 0 saturated heterocycles. The predicted molar refractivity (Wildman–Crippen MR) is 68.4 cm³/mol. The second-order valence-electron chi connectivity index (χ2n) is 4.43. The van der Waals surface area contributed by atoms with Crippen LogP contribution < -0.4 is 0 Å². The summed E-state index contributed by atoms with van der Waals surface area (Å²) >= 11 is 0. The quantitative estimate of drug-likeness (QED) is 0.845. The molecule has 0 aromatic heterocycles. The first kappa shape index (κ1) is 14.6. The number of nitrogens with zero attached hydrogens (tertiary/aromatic N) is 1. The molecule has 0 aliphatic carbocycles. The number of aliphatic hydroxyl groups is 1. The van der Waals surface area contributed by atoms with Crippen LogP contribution in [0.5, 0.6) is 0 Å². The fourth-order valence-electron chi connectivity index (χ4n) is 1.72. The molecule has 1 aromatic carbocycles. The largest absolute Gasteiger partial charge is 0.393 e. The molecule has 4 heteroatoms. The third-order valence-corrected chi connectivity index (χ3v) is 2.77. The molecule has 1 aromatic rings. The Balaban J connectivity index is 2.58. The van der Waals surface area contributed by atoms with Crippen molar-refractivity contribution in [1.82, 2.24) is 4.90 Å². The van der Waals surface area contributed by atoms with E-state index >= 15 is 0 Å². The highest BCUT2D eigenvalue weighted by atomic mass is 19.1. The number of amides is 1. The van der Waals surface area contributed by atoms with Crippen LogP contribution in [0, 0.1) is 5.82 Å². The fourth-order valence-corrected chi connectivity index (χ4v) is 1.72. The number of rotatable bonds is 6. The van der Waals surface area contributed by atoms with Gasteiger partial charge < -0.3 is 10.0 Å². The van der Waals surface area contributed by atoms with Gasteiger partial charge in [0.25, 0.3) is 0 Å². The molecular weight excluding hydrogens is 233 g/mol. The number of hydrogen-bond acceptors (Lipinski definition) is 2. The van der Waals surface area contributed by atoms with Crippen molar-refractivity contribution in [2.45, 2.75) is 39.3 Å². The Hall–Kier alpha value is -1.42. The van der Waals surface area contributed by atoms with E-state index in [9.17, 15) is 9.18 Å². The van der Waals surface area contributed by atoms with Gasteiger partial charge in [-0.2, -0.15) is 0 Å². The Morgan fingerprint density at radius 2 is 2.22 bits per heavy atom. The Morgan fingerprint density at radius 3 is 2.78 bits per heavy atom. The molecule has 0 fully saturated rings. The van der Waals surface area contributed by atoms with Gasteiger partial charge in [0, 0.05) is 19.5 Å². The lowest BCUT2D eigenvalue weighted by molar-refractivity contribution is -0.132. The molecule has 0 spiro atoms. The van der Waals surface area contributed by atoms with Crippen molar-refractivity contribution in [2.75, 3.05) is 6.54 Å². The van der Waals surface area contributed by atoms with Gasteiger partial charge in [-0.05, 0) is 38.0 Å². The van der Waals surface area contributed by atoms with Crippen molar-refractivity contribution < 1.29 is 14.3 Å². The van der Waals surface area contributed by atoms with E-state index in [4.69, 9.17) is 5.11 Å². The molecule has 1 unspecified atom stereocenters. The van der Waals surface area contributed by atoms with Crippen LogP contribution in [0.15, 0.2) is 24.3 Å². The maximum absolute atomic E-state index is 13.0. The highest BCUT2D eigenvalue weighted by molar-refractivity contribution is 5.76. The highest BCUT2D eigenvalue weighted by Crippen LogP contribution is 2.09. The minimum absolute atomic E-state index is 0.0114. The second kappa shape index (κ2) is 7.11. The zero-order chi connectivity index (χ0) is 13.5. The third kappa shape index (κ3) is 4.84. The molecule has 1 N–H and O–H groups in total. The van der Waals surface area contributed by atoms with E-state index in [1.54, 1.807) is 24.0 Å². The van der Waals surface area contributed by atoms with Crippen LogP contribution in [0.25, 0.3) is 0 Å². The van der Waals surface area contributed by atoms with Gasteiger partial charge >= 0.3 is 0 Å². The van der Waals surface area contributed by atoms with E-state index in [1.165, 1.54) is 12.1 Å². The van der Waals surface area contributed by atoms with Crippen LogP contribution >= 0.6 is 0 Å². The first-order valence-corrected chi connectivity index (χ1v) is 6.23. The zero-order valence-electron chi connectivity index (χ0n) is 10.9. The summed E-state index contributed by atoms with van der Waals surface area (Å²) in [5.41, 5.74) is 0.780. The van der Waals surface area contributed by atoms with E-state index in [1.807, 2.05) is 6.92 Å². The summed E-state index contributed by atoms with van der Waals surface area (Å²) in [5.74, 6) is -0.303. The van der Waals surface area contributed by atoms with Gasteiger partial charge in [0.05, 0.1) is 6.10 Å². The zero-order valence-corrected chi connectivity index (χ0v) is 10.9. The first-order chi connectivity index (χ1) is 8.52. The average molecular weight is 253 g/mol. The van der Waals surface area contributed by atoms with Crippen molar-refractivity contribution in [1.29, 1.82) is 0 Å². The lowest BCUT2D eigenvalue weighted by atomic mass is 10.1. The summed E-state index contributed by atoms with van der Waals surface area (Å²) in [6.07, 6.45) is 0.307. The van der Waals surface area contributed by atoms with E-state index in [-0.39, 0.29) is 11.7 Å². The maximum atomic E-state index is 13.0. The van der Waals surface area contributed by atoms with Gasteiger partial charge in [-0.25, -0.2) is 4.39 Å². The van der Waals surface area contributed by atoms with Crippen molar-refractivity contribution in [3.8, 4) is 0 Å². The Bertz CT molecular complexity index is 393. The molecule has 100 valence electrons. The van der Waals surface area contributed by atoms with Gasteiger partial charge in [0.1, 0.15) is 5.82 Å². The van der Waals surface area contributed by atoms with Gasteiger partial charge in [-0.1, -0.05) is 12.1 Å². The number of benzene rings is 1. The SMILES string of the molecule is CCN(Cc1cccc(F)c1)C(=O)CCC(C)O. The molecule has 0 saturated carbocycles. The molecule has 18 heavy (non-hydrogen) atoms. The Labute approximate surface area is 107 Å². The van der Waals surface area contributed by atoms with Crippen molar-refractivity contribution >= 4 is 5.91 Å². The molecule has 0 aliphatic rings. The van der Waals surface area contributed by atoms with E-state index in [2.05, 4.69) is 0 Å². The second-order valence-corrected chi connectivity index (χ2v) is 4.43. The Morgan fingerprint density at radius 1 is 1.50 bits per heavy atom. The molecular formula is C14H20FNO2. The van der Waals surface area contributed by atoms with Crippen molar-refractivity contribution in [3.05, 3.63) is 35.6 Å². The van der Waals surface area contributed by atoms with Gasteiger partial charge in [0.2, 0.25) is 5.91 Å². The van der Waals surface area contributed by atoms with Gasteiger partial charge in [-0.3, -0.25) is 4.79 Å². The smallest absolute Gasteiger partial charge is 0.222 e. The lowest BCUT2D eigenvalue weighted by Gasteiger charge is -2.21. The summed E-state index contributed by atoms with van der Waals surface area (Å²) in [7, 11) is 0. The maximum Gasteiger partial charge on any atom is 0.222 e. The number of aliphatic hydroxyl groups excluding tert-OH is 1. The molecule has 0 heterocycles. The minimum Gasteiger partial charge on any atom is -0.393 e. The van der Waals surface area contributed by atoms with E-state index < -0.39 is 6.10 Å². The van der Waals surface area contributed by atoms with Crippen LogP contribution in [0.2, 0.25) is 0 Å². The summed E-state index contributed by atoms with van der Waals surface area (Å²) in [6, 6.07) is 6.26. The first-order valence-electron chi connectivity index (χ1n) is 6.23. The van der Waals surface area contributed by atoms with E-state index in [0.29, 0.717) is 25.9 Å². The number of halogens is 1. The molecule has 1 amide bonds. The molecule has 0 radical (unpaired) electrons. The molecule has 3 nitrogen and oxygen atoms in total. The molecule has 1 rings (SSSR count). The Kier molecular flexibility index (Phi) is 5.78. The van der Waals surface area contributed by atoms with Crippen molar-refractivity contribution in [2.24, 2.45) is 0 Å². The molecule has 0 aliphatic heterocycles. The van der Waals surface area contributed by atoms with Crippen LogP contribution in [-0.2, 0) is 11.3 Å². The number of carbonyl (C=O) groups excluding carboxylic acids is 1. The van der Waals surface area contributed by atoms with Crippen LogP contribution in [0.1, 0.15) is 32.3 Å². The van der Waals surface area contributed by atoms with Crippen LogP contribution in [-0.4, -0.2) is 28.6 Å². The number of hydrogen-bond donors (Lipinski definition) is 1. The van der Waals surface area contributed by atoms with Crippen LogP contribution in [0.4, 0.5) is 4.39 Å². The normalized spacial score (nSPS) is 12.2. The molecule has 0 bridgehead atoms. The summed E-state index contributed by atoms with van der Waals surface area (Å²) in [6.45, 7) is 4.54. The monoisotopic (exact) mass is 253 g/mol. The van der Waals surface area contributed by atoms with E-state index in [0.717, 1.165) is 5.56 Å². The van der Waals surface area contributed by atoms with Gasteiger partial charge in [0.15, 0.2) is 0 Å². The third-order valence-electron chi connectivity index (χ3n) is 2.77. The molecule has 1 atom stereocenters. The van der Waals surface area contributed by atoms with Crippen molar-refractivity contribution in [3.63, 3.8) is 0 Å². The standard InChI is InChI=1S/C14H20FNO2/c1-3-16(14(18)8-7-11(2)17)10-12-5-4-6-13(15)9-12/h4-6,9,11,17H,3,7-8,10H2,1-2H3. The average Bonchev–Trinajstić information content (AvgIpc) is 2.33. The predicted octanol–water partition coefficient (Wildman–Crippen LogP) is 2.34. The lowest BCUT2D eigenvalue weighted by Crippen LogP contribution is -2.30. The minimum atomic E-state index is -0.471. The van der Waals surface area contributed by atoms with Gasteiger partial charge in [-0.15, -0.1) is 0 Å². The highest BCUT2D eigenvalue weighted by Gasteiger charge is 2.13. The number of carbonyl (C=O) groups is 1. The topological polar surface area (TPSA) is 40.5 Å². The summed E-state index contributed by atoms with van der Waals surface area (Å²) < 4.78 is 13.0. The van der Waals surface area contributed by atoms with Crippen LogP contribution in [0.3, 0.4) is 0 Å².